The van der Waals surface area contributed by atoms with Crippen LogP contribution in [0.25, 0.3) is 0 Å². The number of rotatable bonds is 10. The van der Waals surface area contributed by atoms with E-state index in [0.29, 0.717) is 0 Å². The first kappa shape index (κ1) is 18.0. The summed E-state index contributed by atoms with van der Waals surface area (Å²) >= 11 is 0. The number of hydrogen-bond donors (Lipinski definition) is 1. The zero-order chi connectivity index (χ0) is 14.5. The van der Waals surface area contributed by atoms with Crippen molar-refractivity contribution in [2.45, 2.75) is 109 Å². The topological polar surface area (TPSA) is 29.5 Å². The number of aliphatic hydroxyl groups excluding tert-OH is 1. The summed E-state index contributed by atoms with van der Waals surface area (Å²) in [5.41, 5.74) is 0. The Morgan fingerprint density at radius 3 is 2.10 bits per heavy atom. The van der Waals surface area contributed by atoms with Gasteiger partial charge in [0.05, 0.1) is 12.2 Å². The van der Waals surface area contributed by atoms with Crippen LogP contribution in [-0.4, -0.2) is 23.9 Å². The van der Waals surface area contributed by atoms with Gasteiger partial charge >= 0.3 is 0 Å². The van der Waals surface area contributed by atoms with E-state index in [9.17, 15) is 5.11 Å². The Morgan fingerprint density at radius 2 is 1.40 bits per heavy atom. The van der Waals surface area contributed by atoms with Gasteiger partial charge in [0.15, 0.2) is 0 Å². The van der Waals surface area contributed by atoms with Gasteiger partial charge in [-0.2, -0.15) is 0 Å². The van der Waals surface area contributed by atoms with Gasteiger partial charge in [-0.3, -0.25) is 0 Å². The Bertz CT molecular complexity index is 206. The zero-order valence-corrected chi connectivity index (χ0v) is 13.6. The van der Waals surface area contributed by atoms with Crippen molar-refractivity contribution in [1.29, 1.82) is 0 Å². The lowest BCUT2D eigenvalue weighted by Gasteiger charge is -2.25. The maximum Gasteiger partial charge on any atom is 0.0833 e. The number of ether oxygens (including phenoxy) is 1. The molecule has 2 atom stereocenters. The van der Waals surface area contributed by atoms with Crippen LogP contribution in [0.1, 0.15) is 96.8 Å². The second-order valence-corrected chi connectivity index (χ2v) is 6.44. The van der Waals surface area contributed by atoms with Crippen molar-refractivity contribution < 1.29 is 9.84 Å². The minimum Gasteiger partial charge on any atom is -0.390 e. The molecule has 0 aliphatic heterocycles. The third kappa shape index (κ3) is 8.97. The molecule has 0 heterocycles. The SMILES string of the molecule is CCCCCCCCCCOC1CCCCCCC1O. The molecule has 120 valence electrons. The smallest absolute Gasteiger partial charge is 0.0833 e. The Hall–Kier alpha value is -0.0800. The van der Waals surface area contributed by atoms with Gasteiger partial charge in [-0.25, -0.2) is 0 Å². The molecule has 0 aromatic rings. The molecule has 0 aromatic carbocycles. The van der Waals surface area contributed by atoms with Crippen molar-refractivity contribution in [2.75, 3.05) is 6.61 Å². The summed E-state index contributed by atoms with van der Waals surface area (Å²) in [6, 6.07) is 0. The van der Waals surface area contributed by atoms with E-state index < -0.39 is 0 Å². The van der Waals surface area contributed by atoms with E-state index in [0.717, 1.165) is 25.9 Å². The number of hydrogen-bond acceptors (Lipinski definition) is 2. The van der Waals surface area contributed by atoms with Crippen LogP contribution in [0.5, 0.6) is 0 Å². The summed E-state index contributed by atoms with van der Waals surface area (Å²) in [5.74, 6) is 0. The fourth-order valence-corrected chi connectivity index (χ4v) is 3.10. The molecule has 20 heavy (non-hydrogen) atoms. The van der Waals surface area contributed by atoms with Crippen molar-refractivity contribution in [3.63, 3.8) is 0 Å². The molecule has 2 unspecified atom stereocenters. The molecule has 1 saturated carbocycles. The molecular formula is C18H36O2. The largest absolute Gasteiger partial charge is 0.390 e. The van der Waals surface area contributed by atoms with Gasteiger partial charge in [0, 0.05) is 6.61 Å². The van der Waals surface area contributed by atoms with E-state index in [1.54, 1.807) is 0 Å². The van der Waals surface area contributed by atoms with Gasteiger partial charge in [-0.15, -0.1) is 0 Å². The lowest BCUT2D eigenvalue weighted by molar-refractivity contribution is -0.0502. The highest BCUT2D eigenvalue weighted by Crippen LogP contribution is 2.20. The highest BCUT2D eigenvalue weighted by molar-refractivity contribution is 4.72. The highest BCUT2D eigenvalue weighted by Gasteiger charge is 2.20. The third-order valence-corrected chi connectivity index (χ3v) is 4.50. The summed E-state index contributed by atoms with van der Waals surface area (Å²) in [6.45, 7) is 3.11. The first-order chi connectivity index (χ1) is 9.84. The molecule has 2 heteroatoms. The summed E-state index contributed by atoms with van der Waals surface area (Å²) < 4.78 is 5.93. The molecule has 1 fully saturated rings. The van der Waals surface area contributed by atoms with Crippen LogP contribution in [0.3, 0.4) is 0 Å². The lowest BCUT2D eigenvalue weighted by atomic mass is 9.96. The quantitative estimate of drug-likeness (QED) is 0.557. The minimum absolute atomic E-state index is 0.111. The van der Waals surface area contributed by atoms with Crippen LogP contribution in [0.2, 0.25) is 0 Å². The Labute approximate surface area is 126 Å². The highest BCUT2D eigenvalue weighted by atomic mass is 16.5. The molecule has 0 amide bonds. The van der Waals surface area contributed by atoms with Gasteiger partial charge in [0.1, 0.15) is 0 Å². The second kappa shape index (κ2) is 12.6. The summed E-state index contributed by atoms with van der Waals surface area (Å²) in [5, 5.41) is 10.1. The van der Waals surface area contributed by atoms with Crippen molar-refractivity contribution in [2.24, 2.45) is 0 Å². The van der Waals surface area contributed by atoms with Crippen LogP contribution in [-0.2, 0) is 4.74 Å². The lowest BCUT2D eigenvalue weighted by Crippen LogP contribution is -2.30. The fraction of sp³-hybridized carbons (Fsp3) is 1.00. The fourth-order valence-electron chi connectivity index (χ4n) is 3.10. The van der Waals surface area contributed by atoms with Gasteiger partial charge in [0.25, 0.3) is 0 Å². The van der Waals surface area contributed by atoms with Crippen LogP contribution in [0.15, 0.2) is 0 Å². The normalized spacial score (nSPS) is 24.3. The van der Waals surface area contributed by atoms with E-state index in [1.165, 1.54) is 70.6 Å². The number of aliphatic hydroxyl groups is 1. The van der Waals surface area contributed by atoms with Gasteiger partial charge < -0.3 is 9.84 Å². The molecule has 1 N–H and O–H groups in total. The van der Waals surface area contributed by atoms with Gasteiger partial charge in [-0.1, -0.05) is 77.6 Å². The molecule has 0 aromatic heterocycles. The van der Waals surface area contributed by atoms with E-state index in [-0.39, 0.29) is 12.2 Å². The monoisotopic (exact) mass is 284 g/mol. The summed E-state index contributed by atoms with van der Waals surface area (Å²) in [4.78, 5) is 0. The molecule has 0 saturated heterocycles. The van der Waals surface area contributed by atoms with E-state index in [1.807, 2.05) is 0 Å². The van der Waals surface area contributed by atoms with Crippen LogP contribution in [0.4, 0.5) is 0 Å². The Kier molecular flexibility index (Phi) is 11.4. The van der Waals surface area contributed by atoms with Gasteiger partial charge in [0.2, 0.25) is 0 Å². The molecule has 0 bridgehead atoms. The Balaban J connectivity index is 1.93. The predicted molar refractivity (Wildman–Crippen MR) is 86.1 cm³/mol. The molecule has 1 rings (SSSR count). The van der Waals surface area contributed by atoms with Crippen molar-refractivity contribution >= 4 is 0 Å². The van der Waals surface area contributed by atoms with E-state index in [4.69, 9.17) is 4.74 Å². The summed E-state index contributed by atoms with van der Waals surface area (Å²) in [6.07, 6.45) is 17.6. The zero-order valence-electron chi connectivity index (χ0n) is 13.6. The van der Waals surface area contributed by atoms with Crippen LogP contribution < -0.4 is 0 Å². The van der Waals surface area contributed by atoms with Crippen LogP contribution >= 0.6 is 0 Å². The van der Waals surface area contributed by atoms with Crippen molar-refractivity contribution in [3.8, 4) is 0 Å². The first-order valence-electron chi connectivity index (χ1n) is 9.14. The first-order valence-corrected chi connectivity index (χ1v) is 9.14. The third-order valence-electron chi connectivity index (χ3n) is 4.50. The maximum absolute atomic E-state index is 10.1. The average molecular weight is 284 g/mol. The van der Waals surface area contributed by atoms with Gasteiger partial charge in [-0.05, 0) is 19.3 Å². The molecule has 0 spiro atoms. The summed E-state index contributed by atoms with van der Waals surface area (Å²) in [7, 11) is 0. The number of unbranched alkanes of at least 4 members (excludes halogenated alkanes) is 7. The standard InChI is InChI=1S/C18H36O2/c1-2-3-4-5-6-7-10-13-16-20-18-15-12-9-8-11-14-17(18)19/h17-19H,2-16H2,1H3. The minimum atomic E-state index is -0.218. The molecule has 1 aliphatic carbocycles. The van der Waals surface area contributed by atoms with E-state index in [2.05, 4.69) is 6.92 Å². The second-order valence-electron chi connectivity index (χ2n) is 6.44. The van der Waals surface area contributed by atoms with Crippen LogP contribution in [0, 0.1) is 0 Å². The van der Waals surface area contributed by atoms with E-state index >= 15 is 0 Å². The maximum atomic E-state index is 10.1. The van der Waals surface area contributed by atoms with Crippen molar-refractivity contribution in [1.82, 2.24) is 0 Å². The molecule has 2 nitrogen and oxygen atoms in total. The predicted octanol–water partition coefficient (Wildman–Crippen LogP) is 5.23. The van der Waals surface area contributed by atoms with Crippen molar-refractivity contribution in [3.05, 3.63) is 0 Å². The molecule has 1 aliphatic rings. The Morgan fingerprint density at radius 1 is 0.800 bits per heavy atom. The molecular weight excluding hydrogens is 248 g/mol. The average Bonchev–Trinajstić information content (AvgIpc) is 2.44. The molecule has 0 radical (unpaired) electrons.